The van der Waals surface area contributed by atoms with E-state index in [4.69, 9.17) is 5.73 Å². The Bertz CT molecular complexity index is 219. The molecule has 88 valence electrons. The summed E-state index contributed by atoms with van der Waals surface area (Å²) in [4.78, 5) is 6.63. The highest BCUT2D eigenvalue weighted by atomic mass is 15.3. The Balaban J connectivity index is 2.55. The van der Waals surface area contributed by atoms with E-state index in [0.29, 0.717) is 5.41 Å². The van der Waals surface area contributed by atoms with Crippen molar-refractivity contribution >= 4 is 5.96 Å². The van der Waals surface area contributed by atoms with E-state index in [1.165, 1.54) is 19.3 Å². The van der Waals surface area contributed by atoms with E-state index in [1.54, 1.807) is 0 Å². The Kier molecular flexibility index (Phi) is 4.43. The van der Waals surface area contributed by atoms with Gasteiger partial charge in [0.25, 0.3) is 0 Å². The summed E-state index contributed by atoms with van der Waals surface area (Å²) in [5.41, 5.74) is 6.46. The molecule has 0 aromatic rings. The quantitative estimate of drug-likeness (QED) is 0.572. The molecule has 2 N–H and O–H groups in total. The van der Waals surface area contributed by atoms with Gasteiger partial charge in [0.15, 0.2) is 5.96 Å². The zero-order valence-electron chi connectivity index (χ0n) is 10.4. The van der Waals surface area contributed by atoms with Gasteiger partial charge in [-0.1, -0.05) is 20.8 Å². The molecule has 0 spiro atoms. The molecule has 0 amide bonds. The van der Waals surface area contributed by atoms with Crippen molar-refractivity contribution in [3.63, 3.8) is 0 Å². The second-order valence-electron chi connectivity index (χ2n) is 4.62. The molecular weight excluding hydrogens is 186 g/mol. The second-order valence-corrected chi connectivity index (χ2v) is 4.62. The van der Waals surface area contributed by atoms with E-state index in [9.17, 15) is 0 Å². The largest absolute Gasteiger partial charge is 0.370 e. The first-order valence-corrected chi connectivity index (χ1v) is 6.22. The third kappa shape index (κ3) is 2.86. The van der Waals surface area contributed by atoms with Crippen LogP contribution < -0.4 is 5.73 Å². The Morgan fingerprint density at radius 2 is 2.00 bits per heavy atom. The van der Waals surface area contributed by atoms with Crippen molar-refractivity contribution in [1.82, 2.24) is 4.90 Å². The van der Waals surface area contributed by atoms with Crippen LogP contribution in [0.3, 0.4) is 0 Å². The van der Waals surface area contributed by atoms with Crippen molar-refractivity contribution in [3.05, 3.63) is 0 Å². The Morgan fingerprint density at radius 3 is 2.47 bits per heavy atom. The van der Waals surface area contributed by atoms with E-state index >= 15 is 0 Å². The van der Waals surface area contributed by atoms with E-state index in [1.807, 2.05) is 0 Å². The molecule has 1 heterocycles. The predicted octanol–water partition coefficient (Wildman–Crippen LogP) is 2.22. The smallest absolute Gasteiger partial charge is 0.191 e. The molecule has 0 bridgehead atoms. The van der Waals surface area contributed by atoms with Crippen molar-refractivity contribution in [3.8, 4) is 0 Å². The molecule has 3 nitrogen and oxygen atoms in total. The number of nitrogens with zero attached hydrogens (tertiary/aromatic N) is 2. The number of rotatable bonds is 4. The van der Waals surface area contributed by atoms with Crippen LogP contribution in [0, 0.1) is 5.41 Å². The van der Waals surface area contributed by atoms with Crippen LogP contribution in [0.2, 0.25) is 0 Å². The molecule has 0 aromatic heterocycles. The zero-order chi connectivity index (χ0) is 11.3. The van der Waals surface area contributed by atoms with Gasteiger partial charge >= 0.3 is 0 Å². The van der Waals surface area contributed by atoms with Crippen LogP contribution in [0.5, 0.6) is 0 Å². The van der Waals surface area contributed by atoms with Gasteiger partial charge in [-0.3, -0.25) is 4.99 Å². The maximum atomic E-state index is 5.97. The first-order chi connectivity index (χ1) is 7.17. The van der Waals surface area contributed by atoms with Gasteiger partial charge in [-0.05, 0) is 31.1 Å². The number of hydrogen-bond donors (Lipinski definition) is 1. The van der Waals surface area contributed by atoms with Gasteiger partial charge in [0.05, 0.1) is 0 Å². The summed E-state index contributed by atoms with van der Waals surface area (Å²) in [7, 11) is 0. The first kappa shape index (κ1) is 12.3. The average molecular weight is 211 g/mol. The van der Waals surface area contributed by atoms with Gasteiger partial charge in [0, 0.05) is 19.6 Å². The fourth-order valence-electron chi connectivity index (χ4n) is 2.28. The van der Waals surface area contributed by atoms with Crippen LogP contribution in [0.25, 0.3) is 0 Å². The number of aliphatic imine (C=N–C) groups is 1. The lowest BCUT2D eigenvalue weighted by molar-refractivity contribution is 0.277. The molecule has 15 heavy (non-hydrogen) atoms. The molecule has 1 fully saturated rings. The highest BCUT2D eigenvalue weighted by molar-refractivity contribution is 5.78. The third-order valence-electron chi connectivity index (χ3n) is 3.76. The maximum absolute atomic E-state index is 5.97. The van der Waals surface area contributed by atoms with Gasteiger partial charge in [-0.2, -0.15) is 0 Å². The molecule has 0 radical (unpaired) electrons. The molecule has 1 aliphatic rings. The van der Waals surface area contributed by atoms with Crippen LogP contribution in [0.15, 0.2) is 4.99 Å². The Labute approximate surface area is 93.7 Å². The lowest BCUT2D eigenvalue weighted by Crippen LogP contribution is -2.37. The van der Waals surface area contributed by atoms with Crippen LogP contribution in [-0.4, -0.2) is 30.5 Å². The van der Waals surface area contributed by atoms with Crippen LogP contribution in [0.4, 0.5) is 0 Å². The summed E-state index contributed by atoms with van der Waals surface area (Å²) in [5, 5.41) is 0. The monoisotopic (exact) mass is 211 g/mol. The molecule has 0 aromatic carbocycles. The van der Waals surface area contributed by atoms with Crippen LogP contribution >= 0.6 is 0 Å². The molecule has 1 saturated heterocycles. The summed E-state index contributed by atoms with van der Waals surface area (Å²) < 4.78 is 0. The number of guanidine groups is 1. The minimum atomic E-state index is 0.492. The number of hydrogen-bond acceptors (Lipinski definition) is 1. The summed E-state index contributed by atoms with van der Waals surface area (Å²) in [6.45, 7) is 9.73. The highest BCUT2D eigenvalue weighted by Gasteiger charge is 2.35. The maximum Gasteiger partial charge on any atom is 0.191 e. The molecular formula is C12H25N3. The van der Waals surface area contributed by atoms with Crippen molar-refractivity contribution in [1.29, 1.82) is 0 Å². The van der Waals surface area contributed by atoms with E-state index < -0.39 is 0 Å². The summed E-state index contributed by atoms with van der Waals surface area (Å²) in [6.07, 6.45) is 4.84. The van der Waals surface area contributed by atoms with Gasteiger partial charge in [0.2, 0.25) is 0 Å². The topological polar surface area (TPSA) is 41.6 Å². The van der Waals surface area contributed by atoms with Crippen molar-refractivity contribution < 1.29 is 0 Å². The molecule has 3 heteroatoms. The second kappa shape index (κ2) is 5.38. The van der Waals surface area contributed by atoms with Crippen LogP contribution in [0.1, 0.15) is 46.5 Å². The van der Waals surface area contributed by atoms with Crippen molar-refractivity contribution in [2.24, 2.45) is 16.1 Å². The highest BCUT2D eigenvalue weighted by Crippen LogP contribution is 2.36. The van der Waals surface area contributed by atoms with Gasteiger partial charge in [-0.25, -0.2) is 0 Å². The lowest BCUT2D eigenvalue weighted by Gasteiger charge is -2.26. The first-order valence-electron chi connectivity index (χ1n) is 6.22. The van der Waals surface area contributed by atoms with Crippen molar-refractivity contribution in [2.75, 3.05) is 19.6 Å². The van der Waals surface area contributed by atoms with E-state index in [0.717, 1.165) is 32.0 Å². The molecule has 0 atom stereocenters. The summed E-state index contributed by atoms with van der Waals surface area (Å²) >= 11 is 0. The number of likely N-dealkylation sites (tertiary alicyclic amines) is 1. The normalized spacial score (nSPS) is 21.0. The zero-order valence-corrected chi connectivity index (χ0v) is 10.4. The minimum absolute atomic E-state index is 0.492. The van der Waals surface area contributed by atoms with Crippen molar-refractivity contribution in [2.45, 2.75) is 46.5 Å². The molecule has 0 saturated carbocycles. The van der Waals surface area contributed by atoms with Gasteiger partial charge in [-0.15, -0.1) is 0 Å². The summed E-state index contributed by atoms with van der Waals surface area (Å²) in [6, 6.07) is 0. The summed E-state index contributed by atoms with van der Waals surface area (Å²) in [5.74, 6) is 0.751. The predicted molar refractivity (Wildman–Crippen MR) is 66.0 cm³/mol. The molecule has 0 unspecified atom stereocenters. The van der Waals surface area contributed by atoms with Gasteiger partial charge < -0.3 is 10.6 Å². The lowest BCUT2D eigenvalue weighted by atomic mass is 9.82. The third-order valence-corrected chi connectivity index (χ3v) is 3.76. The molecule has 0 aliphatic carbocycles. The SMILES string of the molecule is CCCN=C(N)N1CCC(CC)(CC)C1. The van der Waals surface area contributed by atoms with E-state index in [2.05, 4.69) is 30.7 Å². The number of nitrogens with two attached hydrogens (primary N) is 1. The fraction of sp³-hybridized carbons (Fsp3) is 0.917. The Hall–Kier alpha value is -0.730. The molecule has 1 aliphatic heterocycles. The molecule has 1 rings (SSSR count). The van der Waals surface area contributed by atoms with E-state index in [-0.39, 0.29) is 0 Å². The Morgan fingerprint density at radius 1 is 1.33 bits per heavy atom. The fourth-order valence-corrected chi connectivity index (χ4v) is 2.28. The average Bonchev–Trinajstić information content (AvgIpc) is 2.71. The van der Waals surface area contributed by atoms with Crippen LogP contribution in [-0.2, 0) is 0 Å². The minimum Gasteiger partial charge on any atom is -0.370 e. The van der Waals surface area contributed by atoms with Gasteiger partial charge in [0.1, 0.15) is 0 Å². The standard InChI is InChI=1S/C12H25N3/c1-4-8-14-11(13)15-9-7-12(5-2,6-3)10-15/h4-10H2,1-3H3,(H2,13,14).